The first-order valence-corrected chi connectivity index (χ1v) is 7.27. The summed E-state index contributed by atoms with van der Waals surface area (Å²) >= 11 is 4.26. The highest BCUT2D eigenvalue weighted by Crippen LogP contribution is 2.20. The molecule has 0 unspecified atom stereocenters. The minimum absolute atomic E-state index is 0.195. The van der Waals surface area contributed by atoms with Gasteiger partial charge in [-0.3, -0.25) is 4.79 Å². The van der Waals surface area contributed by atoms with E-state index >= 15 is 0 Å². The Morgan fingerprint density at radius 2 is 1.80 bits per heavy atom. The van der Waals surface area contributed by atoms with Crippen LogP contribution >= 0.6 is 45.5 Å². The second-order valence-electron chi connectivity index (χ2n) is 4.23. The van der Waals surface area contributed by atoms with Crippen LogP contribution in [0.3, 0.4) is 0 Å². The number of hydrogen-bond acceptors (Lipinski definition) is 3. The van der Waals surface area contributed by atoms with Gasteiger partial charge in [-0.15, -0.1) is 0 Å². The Labute approximate surface area is 118 Å². The molecule has 4 nitrogen and oxygen atoms in total. The number of nitrogens with zero attached hydrogens (tertiary/aromatic N) is 3. The van der Waals surface area contributed by atoms with E-state index in [0.717, 1.165) is 13.1 Å². The van der Waals surface area contributed by atoms with Crippen molar-refractivity contribution in [3.05, 3.63) is 0 Å². The first-order valence-electron chi connectivity index (χ1n) is 5.22. The lowest BCUT2D eigenvalue weighted by molar-refractivity contribution is 0.0917. The molecule has 15 heavy (non-hydrogen) atoms. The molecule has 0 aromatic carbocycles. The van der Waals surface area contributed by atoms with E-state index in [1.165, 1.54) is 32.7 Å². The molecular weight excluding hydrogens is 420 g/mol. The number of amides is 1. The molecule has 2 rings (SSSR count). The Bertz CT molecular complexity index is 238. The average molecular weight is 435 g/mol. The first-order chi connectivity index (χ1) is 7.15. The maximum Gasteiger partial charge on any atom is 0.283 e. The van der Waals surface area contributed by atoms with Crippen molar-refractivity contribution < 1.29 is 4.79 Å². The van der Waals surface area contributed by atoms with Gasteiger partial charge in [0.2, 0.25) is 0 Å². The van der Waals surface area contributed by atoms with Crippen LogP contribution in [0.5, 0.6) is 0 Å². The molecule has 1 amide bonds. The van der Waals surface area contributed by atoms with Crippen molar-refractivity contribution >= 4 is 49.4 Å². The van der Waals surface area contributed by atoms with Gasteiger partial charge in [0.15, 0.2) is 0 Å². The predicted molar refractivity (Wildman–Crippen MR) is 76.5 cm³/mol. The number of carbonyl (C=O) groups is 1. The van der Waals surface area contributed by atoms with Gasteiger partial charge in [-0.25, -0.2) is 3.11 Å². The molecule has 2 aliphatic rings. The number of piperazine rings is 1. The number of carbonyl (C=O) groups excluding carboxylic acids is 1. The maximum absolute atomic E-state index is 11.0. The van der Waals surface area contributed by atoms with Gasteiger partial charge in [0.1, 0.15) is 0 Å². The van der Waals surface area contributed by atoms with Gasteiger partial charge in [-0.05, 0) is 0 Å². The molecule has 2 heterocycles. The summed E-state index contributed by atoms with van der Waals surface area (Å²) in [5, 5.41) is 0. The lowest BCUT2D eigenvalue weighted by Crippen LogP contribution is -2.54. The number of likely N-dealkylation sites (tertiary alicyclic amines) is 1. The van der Waals surface area contributed by atoms with Crippen molar-refractivity contribution in [2.45, 2.75) is 0 Å². The third-order valence-corrected chi connectivity index (χ3v) is 4.69. The van der Waals surface area contributed by atoms with E-state index in [4.69, 9.17) is 0 Å². The highest BCUT2D eigenvalue weighted by molar-refractivity contribution is 14.1. The van der Waals surface area contributed by atoms with Crippen LogP contribution in [-0.4, -0.2) is 62.6 Å². The van der Waals surface area contributed by atoms with Crippen LogP contribution < -0.4 is 0 Å². The van der Waals surface area contributed by atoms with Gasteiger partial charge in [-0.1, -0.05) is 0 Å². The second kappa shape index (κ2) is 5.46. The highest BCUT2D eigenvalue weighted by atomic mass is 127. The lowest BCUT2D eigenvalue weighted by atomic mass is 10.0. The monoisotopic (exact) mass is 435 g/mol. The van der Waals surface area contributed by atoms with Gasteiger partial charge in [0, 0.05) is 97.2 Å². The molecule has 0 aromatic heterocycles. The Morgan fingerprint density at radius 3 is 2.33 bits per heavy atom. The molecule has 2 aliphatic heterocycles. The molecule has 86 valence electrons. The standard InChI is InChI=1S/C9H15I2N3O/c10-9(15)13-6-8(7-13)5-12-1-3-14(11)4-2-12/h8H,1-7H2. The number of rotatable bonds is 2. The van der Waals surface area contributed by atoms with E-state index in [2.05, 4.69) is 30.9 Å². The van der Waals surface area contributed by atoms with E-state index in [1.54, 1.807) is 0 Å². The van der Waals surface area contributed by atoms with Crippen molar-refractivity contribution in [2.24, 2.45) is 5.92 Å². The molecule has 2 fully saturated rings. The Kier molecular flexibility index (Phi) is 4.48. The SMILES string of the molecule is O=C(I)N1CC(CN2CCN(I)CC2)C1. The largest absolute Gasteiger partial charge is 0.333 e. The fraction of sp³-hybridized carbons (Fsp3) is 0.889. The van der Waals surface area contributed by atoms with Crippen molar-refractivity contribution in [1.82, 2.24) is 12.9 Å². The molecule has 0 atom stereocenters. The molecule has 0 spiro atoms. The van der Waals surface area contributed by atoms with Crippen molar-refractivity contribution in [2.75, 3.05) is 45.8 Å². The normalized spacial score (nSPS) is 25.3. The van der Waals surface area contributed by atoms with Crippen molar-refractivity contribution in [3.63, 3.8) is 0 Å². The molecule has 0 radical (unpaired) electrons. The third kappa shape index (κ3) is 3.40. The summed E-state index contributed by atoms with van der Waals surface area (Å²) in [5.74, 6) is 0.712. The van der Waals surface area contributed by atoms with Gasteiger partial charge in [0.05, 0.1) is 0 Å². The smallest absolute Gasteiger partial charge is 0.283 e. The lowest BCUT2D eigenvalue weighted by Gasteiger charge is -2.42. The van der Waals surface area contributed by atoms with E-state index < -0.39 is 0 Å². The van der Waals surface area contributed by atoms with Gasteiger partial charge in [0.25, 0.3) is 3.91 Å². The van der Waals surface area contributed by atoms with Crippen LogP contribution in [0, 0.1) is 5.92 Å². The Balaban J connectivity index is 1.65. The summed E-state index contributed by atoms with van der Waals surface area (Å²) in [5.41, 5.74) is 0. The fourth-order valence-electron chi connectivity index (χ4n) is 2.10. The van der Waals surface area contributed by atoms with E-state index in [0.29, 0.717) is 5.92 Å². The maximum atomic E-state index is 11.0. The first kappa shape index (κ1) is 12.3. The molecular formula is C9H15I2N3O. The Hall–Kier alpha value is 0.850. The summed E-state index contributed by atoms with van der Waals surface area (Å²) in [6, 6.07) is 0. The van der Waals surface area contributed by atoms with Crippen molar-refractivity contribution in [1.29, 1.82) is 0 Å². The molecule has 0 N–H and O–H groups in total. The quantitative estimate of drug-likeness (QED) is 0.285. The number of halogens is 2. The number of hydrogen-bond donors (Lipinski definition) is 0. The van der Waals surface area contributed by atoms with Crippen molar-refractivity contribution in [3.8, 4) is 0 Å². The van der Waals surface area contributed by atoms with E-state index in [9.17, 15) is 4.79 Å². The van der Waals surface area contributed by atoms with E-state index in [1.807, 2.05) is 27.5 Å². The van der Waals surface area contributed by atoms with Crippen LogP contribution in [0.2, 0.25) is 0 Å². The molecule has 0 bridgehead atoms. The summed E-state index contributed by atoms with van der Waals surface area (Å²) in [6.07, 6.45) is 0. The zero-order valence-electron chi connectivity index (χ0n) is 8.53. The van der Waals surface area contributed by atoms with Crippen LogP contribution in [0.1, 0.15) is 0 Å². The predicted octanol–water partition coefficient (Wildman–Crippen LogP) is 1.44. The molecule has 6 heteroatoms. The van der Waals surface area contributed by atoms with Crippen LogP contribution in [0.15, 0.2) is 0 Å². The minimum atomic E-state index is 0.195. The molecule has 0 aliphatic carbocycles. The van der Waals surface area contributed by atoms with Gasteiger partial charge in [-0.2, -0.15) is 0 Å². The summed E-state index contributed by atoms with van der Waals surface area (Å²) < 4.78 is 2.54. The Morgan fingerprint density at radius 1 is 1.20 bits per heavy atom. The third-order valence-electron chi connectivity index (χ3n) is 3.04. The summed E-state index contributed by atoms with van der Waals surface area (Å²) in [4.78, 5) is 15.4. The molecule has 0 saturated carbocycles. The molecule has 0 aromatic rings. The summed E-state index contributed by atoms with van der Waals surface area (Å²) in [6.45, 7) is 7.79. The topological polar surface area (TPSA) is 26.8 Å². The van der Waals surface area contributed by atoms with Crippen LogP contribution in [0.25, 0.3) is 0 Å². The average Bonchev–Trinajstić information content (AvgIpc) is 2.13. The van der Waals surface area contributed by atoms with Crippen LogP contribution in [0.4, 0.5) is 4.79 Å². The van der Waals surface area contributed by atoms with Gasteiger partial charge < -0.3 is 9.80 Å². The van der Waals surface area contributed by atoms with E-state index in [-0.39, 0.29) is 3.91 Å². The minimum Gasteiger partial charge on any atom is -0.333 e. The zero-order chi connectivity index (χ0) is 10.8. The highest BCUT2D eigenvalue weighted by Gasteiger charge is 2.31. The summed E-state index contributed by atoms with van der Waals surface area (Å²) in [7, 11) is 0. The van der Waals surface area contributed by atoms with Crippen LogP contribution in [-0.2, 0) is 0 Å². The fourth-order valence-corrected chi connectivity index (χ4v) is 2.93. The second-order valence-corrected chi connectivity index (χ2v) is 6.52. The van der Waals surface area contributed by atoms with Gasteiger partial charge >= 0.3 is 0 Å². The molecule has 2 saturated heterocycles. The zero-order valence-corrected chi connectivity index (χ0v) is 12.8.